The average molecular weight is 262 g/mol. The highest BCUT2D eigenvalue weighted by Gasteiger charge is 2.24. The summed E-state index contributed by atoms with van der Waals surface area (Å²) in [6, 6.07) is 0.00722. The number of rotatable bonds is 3. The first kappa shape index (κ1) is 14.4. The topological polar surface area (TPSA) is 75.3 Å². The smallest absolute Gasteiger partial charge is 0.234 e. The van der Waals surface area contributed by atoms with E-state index in [4.69, 9.17) is 0 Å². The summed E-state index contributed by atoms with van der Waals surface area (Å²) in [5.74, 6) is 0.305. The fourth-order valence-corrected chi connectivity index (χ4v) is 3.15. The zero-order valence-corrected chi connectivity index (χ0v) is 11.6. The predicted molar refractivity (Wildman–Crippen MR) is 67.6 cm³/mol. The molecule has 1 heterocycles. The van der Waals surface area contributed by atoms with Crippen molar-refractivity contribution in [2.45, 2.75) is 45.2 Å². The SMILES string of the molecule is CC(C)(C)NCC(=O)NC1CCS(=O)(=O)CC1. The van der Waals surface area contributed by atoms with Gasteiger partial charge in [-0.3, -0.25) is 4.79 Å². The van der Waals surface area contributed by atoms with Crippen molar-refractivity contribution >= 4 is 15.7 Å². The molecular formula is C11H22N2O3S. The molecule has 100 valence electrons. The molecular weight excluding hydrogens is 240 g/mol. The van der Waals surface area contributed by atoms with Crippen molar-refractivity contribution in [1.29, 1.82) is 0 Å². The van der Waals surface area contributed by atoms with E-state index in [9.17, 15) is 13.2 Å². The lowest BCUT2D eigenvalue weighted by atomic mass is 10.1. The normalized spacial score (nSPS) is 21.1. The Morgan fingerprint density at radius 1 is 1.24 bits per heavy atom. The Balaban J connectivity index is 2.29. The van der Waals surface area contributed by atoms with Gasteiger partial charge in [-0.1, -0.05) is 0 Å². The molecule has 0 radical (unpaired) electrons. The lowest BCUT2D eigenvalue weighted by molar-refractivity contribution is -0.121. The first-order valence-corrected chi connectivity index (χ1v) is 7.75. The van der Waals surface area contributed by atoms with Crippen LogP contribution in [0.25, 0.3) is 0 Å². The number of carbonyl (C=O) groups excluding carboxylic acids is 1. The van der Waals surface area contributed by atoms with Crippen LogP contribution in [0.3, 0.4) is 0 Å². The van der Waals surface area contributed by atoms with Crippen LogP contribution in [0.1, 0.15) is 33.6 Å². The van der Waals surface area contributed by atoms with Gasteiger partial charge in [-0.25, -0.2) is 8.42 Å². The number of amides is 1. The minimum absolute atomic E-state index is 0.00722. The Morgan fingerprint density at radius 3 is 2.24 bits per heavy atom. The van der Waals surface area contributed by atoms with Crippen molar-refractivity contribution in [1.82, 2.24) is 10.6 Å². The summed E-state index contributed by atoms with van der Waals surface area (Å²) in [7, 11) is -2.85. The van der Waals surface area contributed by atoms with Crippen LogP contribution in [0.15, 0.2) is 0 Å². The van der Waals surface area contributed by atoms with E-state index in [0.717, 1.165) is 0 Å². The zero-order valence-electron chi connectivity index (χ0n) is 10.7. The van der Waals surface area contributed by atoms with Gasteiger partial charge >= 0.3 is 0 Å². The lowest BCUT2D eigenvalue weighted by Crippen LogP contribution is -2.47. The van der Waals surface area contributed by atoms with Gasteiger partial charge in [0.2, 0.25) is 5.91 Å². The maximum atomic E-state index is 11.6. The Hall–Kier alpha value is -0.620. The van der Waals surface area contributed by atoms with Crippen LogP contribution >= 0.6 is 0 Å². The van der Waals surface area contributed by atoms with Crippen molar-refractivity contribution in [2.24, 2.45) is 0 Å². The van der Waals surface area contributed by atoms with Gasteiger partial charge in [-0.2, -0.15) is 0 Å². The van der Waals surface area contributed by atoms with E-state index in [1.165, 1.54) is 0 Å². The van der Waals surface area contributed by atoms with Crippen LogP contribution in [0, 0.1) is 0 Å². The van der Waals surface area contributed by atoms with Crippen LogP contribution in [0.4, 0.5) is 0 Å². The molecule has 0 unspecified atom stereocenters. The molecule has 0 aromatic heterocycles. The van der Waals surface area contributed by atoms with Crippen molar-refractivity contribution in [3.8, 4) is 0 Å². The summed E-state index contributed by atoms with van der Waals surface area (Å²) < 4.78 is 22.4. The Kier molecular flexibility index (Phi) is 4.55. The van der Waals surface area contributed by atoms with E-state index in [-0.39, 0.29) is 35.5 Å². The van der Waals surface area contributed by atoms with Crippen LogP contribution in [0.5, 0.6) is 0 Å². The molecule has 1 amide bonds. The molecule has 2 N–H and O–H groups in total. The minimum atomic E-state index is -2.85. The maximum absolute atomic E-state index is 11.6. The van der Waals surface area contributed by atoms with Gasteiger partial charge in [0, 0.05) is 11.6 Å². The van der Waals surface area contributed by atoms with Gasteiger partial charge < -0.3 is 10.6 Å². The Bertz CT molecular complexity index is 357. The molecule has 0 aromatic rings. The van der Waals surface area contributed by atoms with Gasteiger partial charge in [0.25, 0.3) is 0 Å². The molecule has 6 heteroatoms. The number of hydrogen-bond donors (Lipinski definition) is 2. The molecule has 1 rings (SSSR count). The summed E-state index contributed by atoms with van der Waals surface area (Å²) in [6.07, 6.45) is 1.06. The Morgan fingerprint density at radius 2 is 1.76 bits per heavy atom. The van der Waals surface area contributed by atoms with Crippen LogP contribution in [-0.2, 0) is 14.6 Å². The van der Waals surface area contributed by atoms with E-state index in [1.54, 1.807) is 0 Å². The largest absolute Gasteiger partial charge is 0.352 e. The number of carbonyl (C=O) groups is 1. The quantitative estimate of drug-likeness (QED) is 0.754. The van der Waals surface area contributed by atoms with E-state index in [2.05, 4.69) is 10.6 Å². The first-order chi connectivity index (χ1) is 7.68. The van der Waals surface area contributed by atoms with Crippen LogP contribution in [0.2, 0.25) is 0 Å². The molecule has 0 spiro atoms. The third-order valence-corrected chi connectivity index (χ3v) is 4.41. The van der Waals surface area contributed by atoms with E-state index >= 15 is 0 Å². The minimum Gasteiger partial charge on any atom is -0.352 e. The van der Waals surface area contributed by atoms with Gasteiger partial charge in [0.05, 0.1) is 18.1 Å². The van der Waals surface area contributed by atoms with E-state index < -0.39 is 9.84 Å². The summed E-state index contributed by atoms with van der Waals surface area (Å²) >= 11 is 0. The zero-order chi connectivity index (χ0) is 13.1. The highest BCUT2D eigenvalue weighted by atomic mass is 32.2. The van der Waals surface area contributed by atoms with Crippen molar-refractivity contribution in [3.63, 3.8) is 0 Å². The molecule has 0 aliphatic carbocycles. The van der Waals surface area contributed by atoms with Crippen LogP contribution < -0.4 is 10.6 Å². The average Bonchev–Trinajstić information content (AvgIpc) is 2.17. The first-order valence-electron chi connectivity index (χ1n) is 5.93. The lowest BCUT2D eigenvalue weighted by Gasteiger charge is -2.25. The van der Waals surface area contributed by atoms with Crippen molar-refractivity contribution in [3.05, 3.63) is 0 Å². The van der Waals surface area contributed by atoms with E-state index in [0.29, 0.717) is 12.8 Å². The van der Waals surface area contributed by atoms with Crippen molar-refractivity contribution < 1.29 is 13.2 Å². The second kappa shape index (κ2) is 5.35. The van der Waals surface area contributed by atoms with Gasteiger partial charge in [-0.05, 0) is 33.6 Å². The molecule has 0 aromatic carbocycles. The summed E-state index contributed by atoms with van der Waals surface area (Å²) in [5.41, 5.74) is -0.0900. The number of nitrogens with one attached hydrogen (secondary N) is 2. The Labute approximate surface area is 103 Å². The fourth-order valence-electron chi connectivity index (χ4n) is 1.66. The molecule has 0 atom stereocenters. The molecule has 1 aliphatic heterocycles. The monoisotopic (exact) mass is 262 g/mol. The summed E-state index contributed by atoms with van der Waals surface area (Å²) in [4.78, 5) is 11.6. The van der Waals surface area contributed by atoms with Gasteiger partial charge in [-0.15, -0.1) is 0 Å². The molecule has 0 bridgehead atoms. The molecule has 1 saturated heterocycles. The second-order valence-corrected chi connectivity index (χ2v) is 7.90. The standard InChI is InChI=1S/C11H22N2O3S/c1-11(2,3)12-8-10(14)13-9-4-6-17(15,16)7-5-9/h9,12H,4-8H2,1-3H3,(H,13,14). The summed E-state index contributed by atoms with van der Waals surface area (Å²) in [6.45, 7) is 6.25. The van der Waals surface area contributed by atoms with Crippen LogP contribution in [-0.4, -0.2) is 44.0 Å². The van der Waals surface area contributed by atoms with E-state index in [1.807, 2.05) is 20.8 Å². The number of sulfone groups is 1. The maximum Gasteiger partial charge on any atom is 0.234 e. The highest BCUT2D eigenvalue weighted by molar-refractivity contribution is 7.91. The molecule has 5 nitrogen and oxygen atoms in total. The molecule has 17 heavy (non-hydrogen) atoms. The van der Waals surface area contributed by atoms with Gasteiger partial charge in [0.1, 0.15) is 9.84 Å². The molecule has 1 aliphatic rings. The third-order valence-electron chi connectivity index (χ3n) is 2.70. The van der Waals surface area contributed by atoms with Crippen molar-refractivity contribution in [2.75, 3.05) is 18.1 Å². The predicted octanol–water partition coefficient (Wildman–Crippen LogP) is 0.0679. The second-order valence-electron chi connectivity index (χ2n) is 5.60. The molecule has 1 fully saturated rings. The van der Waals surface area contributed by atoms with Gasteiger partial charge in [0.15, 0.2) is 0 Å². The third kappa shape index (κ3) is 6.02. The fraction of sp³-hybridized carbons (Fsp3) is 0.909. The number of hydrogen-bond acceptors (Lipinski definition) is 4. The summed E-state index contributed by atoms with van der Waals surface area (Å²) in [5, 5.41) is 5.96. The highest BCUT2D eigenvalue weighted by Crippen LogP contribution is 2.11. The molecule has 0 saturated carbocycles.